The maximum Gasteiger partial charge on any atom is 0.254 e. The van der Waals surface area contributed by atoms with Crippen LogP contribution in [0.15, 0.2) is 18.2 Å². The first kappa shape index (κ1) is 16.3. The number of likely N-dealkylation sites (N-methyl/N-ethyl adjacent to an activating group) is 2. The van der Waals surface area contributed by atoms with Crippen molar-refractivity contribution in [3.8, 4) is 5.75 Å². The molecule has 1 amide bonds. The van der Waals surface area contributed by atoms with E-state index in [2.05, 4.69) is 4.90 Å². The topological polar surface area (TPSA) is 58.8 Å². The lowest BCUT2D eigenvalue weighted by molar-refractivity contribution is 0.0679. The van der Waals surface area contributed by atoms with Crippen molar-refractivity contribution in [2.24, 2.45) is 0 Å². The van der Waals surface area contributed by atoms with E-state index in [-0.39, 0.29) is 11.9 Å². The van der Waals surface area contributed by atoms with E-state index in [9.17, 15) is 4.79 Å². The number of benzene rings is 1. The molecule has 0 heterocycles. The van der Waals surface area contributed by atoms with Gasteiger partial charge in [0.1, 0.15) is 5.75 Å². The zero-order chi connectivity index (χ0) is 15.3. The van der Waals surface area contributed by atoms with Gasteiger partial charge in [0.2, 0.25) is 0 Å². The molecule has 1 unspecified atom stereocenters. The summed E-state index contributed by atoms with van der Waals surface area (Å²) in [6.45, 7) is 5.52. The lowest BCUT2D eigenvalue weighted by atomic mass is 10.1. The highest BCUT2D eigenvalue weighted by atomic mass is 16.5. The van der Waals surface area contributed by atoms with Crippen molar-refractivity contribution in [3.05, 3.63) is 23.8 Å². The minimum absolute atomic E-state index is 0.00352. The number of rotatable bonds is 6. The molecule has 0 aliphatic heterocycles. The molecule has 0 bridgehead atoms. The molecular formula is C15H25N3O2. The highest BCUT2D eigenvalue weighted by Gasteiger charge is 2.21. The van der Waals surface area contributed by atoms with Crippen molar-refractivity contribution in [2.75, 3.05) is 40.0 Å². The van der Waals surface area contributed by atoms with Gasteiger partial charge < -0.3 is 20.3 Å². The van der Waals surface area contributed by atoms with Crippen molar-refractivity contribution in [2.45, 2.75) is 19.9 Å². The molecule has 112 valence electrons. The molecule has 0 fully saturated rings. The van der Waals surface area contributed by atoms with Crippen LogP contribution in [-0.4, -0.2) is 56.0 Å². The lowest BCUT2D eigenvalue weighted by Crippen LogP contribution is -2.43. The number of anilines is 1. The fourth-order valence-corrected chi connectivity index (χ4v) is 2.32. The molecule has 0 saturated carbocycles. The maximum atomic E-state index is 12.6. The first-order valence-corrected chi connectivity index (χ1v) is 6.79. The van der Waals surface area contributed by atoms with Crippen LogP contribution in [0.1, 0.15) is 24.2 Å². The smallest absolute Gasteiger partial charge is 0.254 e. The molecule has 0 saturated heterocycles. The predicted octanol–water partition coefficient (Wildman–Crippen LogP) is 1.69. The minimum atomic E-state index is -0.00352. The maximum absolute atomic E-state index is 12.6. The summed E-state index contributed by atoms with van der Waals surface area (Å²) in [6.07, 6.45) is 0. The fraction of sp³-hybridized carbons (Fsp3) is 0.533. The van der Waals surface area contributed by atoms with Crippen molar-refractivity contribution in [1.29, 1.82) is 0 Å². The summed E-state index contributed by atoms with van der Waals surface area (Å²) in [7, 11) is 5.56. The van der Waals surface area contributed by atoms with E-state index in [0.717, 1.165) is 6.54 Å². The van der Waals surface area contributed by atoms with Crippen molar-refractivity contribution in [1.82, 2.24) is 9.80 Å². The van der Waals surface area contributed by atoms with E-state index >= 15 is 0 Å². The number of carbonyl (C=O) groups excluding carboxylic acids is 1. The molecule has 0 aromatic heterocycles. The number of carbonyl (C=O) groups is 1. The molecule has 0 aliphatic carbocycles. The monoisotopic (exact) mass is 279 g/mol. The van der Waals surface area contributed by atoms with Crippen LogP contribution in [0.2, 0.25) is 0 Å². The zero-order valence-corrected chi connectivity index (χ0v) is 13.0. The Morgan fingerprint density at radius 3 is 2.50 bits per heavy atom. The molecule has 0 radical (unpaired) electrons. The van der Waals surface area contributed by atoms with Gasteiger partial charge in [0, 0.05) is 24.7 Å². The molecular weight excluding hydrogens is 254 g/mol. The van der Waals surface area contributed by atoms with Crippen LogP contribution in [0.5, 0.6) is 5.75 Å². The van der Waals surface area contributed by atoms with Crippen LogP contribution in [0.3, 0.4) is 0 Å². The third-order valence-electron chi connectivity index (χ3n) is 3.24. The second-order valence-corrected chi connectivity index (χ2v) is 5.16. The Morgan fingerprint density at radius 1 is 1.40 bits per heavy atom. The Labute approximate surface area is 121 Å². The Bertz CT molecular complexity index is 460. The van der Waals surface area contributed by atoms with Crippen LogP contribution in [-0.2, 0) is 0 Å². The quantitative estimate of drug-likeness (QED) is 0.805. The van der Waals surface area contributed by atoms with Gasteiger partial charge in [-0.1, -0.05) is 0 Å². The van der Waals surface area contributed by atoms with Gasteiger partial charge in [-0.25, -0.2) is 0 Å². The van der Waals surface area contributed by atoms with E-state index in [1.807, 2.05) is 32.8 Å². The number of hydrogen-bond donors (Lipinski definition) is 1. The van der Waals surface area contributed by atoms with Crippen molar-refractivity contribution in [3.63, 3.8) is 0 Å². The van der Waals surface area contributed by atoms with E-state index in [0.29, 0.717) is 23.5 Å². The highest BCUT2D eigenvalue weighted by molar-refractivity contribution is 5.95. The van der Waals surface area contributed by atoms with Crippen LogP contribution >= 0.6 is 0 Å². The van der Waals surface area contributed by atoms with Crippen LogP contribution < -0.4 is 10.5 Å². The van der Waals surface area contributed by atoms with Crippen LogP contribution in [0.25, 0.3) is 0 Å². The number of ether oxygens (including phenoxy) is 1. The standard InChI is InChI=1S/C15H25N3O2/c1-6-18(11(2)10-17(3)4)15(19)12-7-8-14(20-5)13(16)9-12/h7-9,11H,6,10,16H2,1-5H3. The van der Waals surface area contributed by atoms with E-state index in [1.54, 1.807) is 25.3 Å². The zero-order valence-electron chi connectivity index (χ0n) is 13.0. The van der Waals surface area contributed by atoms with Gasteiger partial charge >= 0.3 is 0 Å². The molecule has 1 rings (SSSR count). The van der Waals surface area contributed by atoms with Gasteiger partial charge in [0.05, 0.1) is 12.8 Å². The SMILES string of the molecule is CCN(C(=O)c1ccc(OC)c(N)c1)C(C)CN(C)C. The number of methoxy groups -OCH3 is 1. The summed E-state index contributed by atoms with van der Waals surface area (Å²) in [5, 5.41) is 0. The Hall–Kier alpha value is -1.75. The number of nitrogens with two attached hydrogens (primary N) is 1. The lowest BCUT2D eigenvalue weighted by Gasteiger charge is -2.30. The molecule has 0 aliphatic rings. The third kappa shape index (κ3) is 3.87. The summed E-state index contributed by atoms with van der Waals surface area (Å²) in [5.41, 5.74) is 6.94. The predicted molar refractivity (Wildman–Crippen MR) is 82.1 cm³/mol. The molecule has 1 aromatic carbocycles. The van der Waals surface area contributed by atoms with Gasteiger partial charge in [-0.15, -0.1) is 0 Å². The molecule has 20 heavy (non-hydrogen) atoms. The average molecular weight is 279 g/mol. The number of nitrogens with zero attached hydrogens (tertiary/aromatic N) is 2. The summed E-state index contributed by atoms with van der Waals surface area (Å²) < 4.78 is 5.11. The normalized spacial score (nSPS) is 12.3. The molecule has 2 N–H and O–H groups in total. The van der Waals surface area contributed by atoms with E-state index < -0.39 is 0 Å². The second-order valence-electron chi connectivity index (χ2n) is 5.16. The number of hydrogen-bond acceptors (Lipinski definition) is 4. The third-order valence-corrected chi connectivity index (χ3v) is 3.24. The first-order valence-electron chi connectivity index (χ1n) is 6.79. The molecule has 5 heteroatoms. The van der Waals surface area contributed by atoms with Gasteiger partial charge in [0.15, 0.2) is 0 Å². The summed E-state index contributed by atoms with van der Waals surface area (Å²) in [4.78, 5) is 16.5. The van der Waals surface area contributed by atoms with E-state index in [4.69, 9.17) is 10.5 Å². The fourth-order valence-electron chi connectivity index (χ4n) is 2.32. The minimum Gasteiger partial charge on any atom is -0.495 e. The first-order chi connectivity index (χ1) is 9.40. The largest absolute Gasteiger partial charge is 0.495 e. The summed E-state index contributed by atoms with van der Waals surface area (Å²) in [6, 6.07) is 5.30. The molecule has 1 atom stereocenters. The van der Waals surface area contributed by atoms with Gasteiger partial charge in [-0.2, -0.15) is 0 Å². The summed E-state index contributed by atoms with van der Waals surface area (Å²) >= 11 is 0. The van der Waals surface area contributed by atoms with Gasteiger partial charge in [-0.3, -0.25) is 4.79 Å². The summed E-state index contributed by atoms with van der Waals surface area (Å²) in [5.74, 6) is 0.585. The van der Waals surface area contributed by atoms with Crippen molar-refractivity contribution < 1.29 is 9.53 Å². The highest BCUT2D eigenvalue weighted by Crippen LogP contribution is 2.23. The Morgan fingerprint density at radius 2 is 2.05 bits per heavy atom. The molecule has 0 spiro atoms. The van der Waals surface area contributed by atoms with Crippen LogP contribution in [0, 0.1) is 0 Å². The Kier molecular flexibility index (Phi) is 5.82. The number of amides is 1. The van der Waals surface area contributed by atoms with Crippen molar-refractivity contribution >= 4 is 11.6 Å². The number of nitrogen functional groups attached to an aromatic ring is 1. The van der Waals surface area contributed by atoms with Gasteiger partial charge in [0.25, 0.3) is 5.91 Å². The molecule has 5 nitrogen and oxygen atoms in total. The van der Waals surface area contributed by atoms with Gasteiger partial charge in [-0.05, 0) is 46.1 Å². The van der Waals surface area contributed by atoms with E-state index in [1.165, 1.54) is 0 Å². The average Bonchev–Trinajstić information content (AvgIpc) is 2.38. The second kappa shape index (κ2) is 7.14. The van der Waals surface area contributed by atoms with Crippen LogP contribution in [0.4, 0.5) is 5.69 Å². The molecule has 1 aromatic rings. The Balaban J connectivity index is 2.93.